The molecule has 0 saturated heterocycles. The number of rotatable bonds is 3. The van der Waals surface area contributed by atoms with Crippen LogP contribution in [0, 0.1) is 12.3 Å². The van der Waals surface area contributed by atoms with E-state index in [-0.39, 0.29) is 5.54 Å². The number of hydrogen-bond acceptors (Lipinski definition) is 1. The van der Waals surface area contributed by atoms with E-state index in [0.29, 0.717) is 10.8 Å². The van der Waals surface area contributed by atoms with Crippen LogP contribution in [0.5, 0.6) is 0 Å². The molecule has 1 nitrogen and oxygen atoms in total. The van der Waals surface area contributed by atoms with Crippen LogP contribution in [-0.2, 0) is 5.41 Å². The Kier molecular flexibility index (Phi) is 3.68. The van der Waals surface area contributed by atoms with E-state index in [4.69, 9.17) is 0 Å². The zero-order valence-corrected chi connectivity index (χ0v) is 14.3. The minimum Gasteiger partial charge on any atom is -0.311 e. The Morgan fingerprint density at radius 3 is 2.24 bits per heavy atom. The molecule has 0 aromatic heterocycles. The number of hydrogen-bond donors (Lipinski definition) is 1. The third kappa shape index (κ3) is 2.90. The van der Waals surface area contributed by atoms with Crippen LogP contribution in [-0.4, -0.2) is 12.1 Å². The summed E-state index contributed by atoms with van der Waals surface area (Å²) in [6.45, 7) is 10.3. The van der Waals surface area contributed by atoms with E-state index in [1.54, 1.807) is 5.56 Å². The molecule has 1 aromatic rings. The van der Waals surface area contributed by atoms with Crippen LogP contribution < -0.4 is 5.32 Å². The van der Waals surface area contributed by atoms with E-state index >= 15 is 0 Å². The van der Waals surface area contributed by atoms with Crippen LogP contribution >= 0.6 is 0 Å². The maximum Gasteiger partial charge on any atom is 0.00968 e. The molecule has 2 saturated carbocycles. The van der Waals surface area contributed by atoms with Crippen LogP contribution in [0.15, 0.2) is 24.3 Å². The maximum absolute atomic E-state index is 3.80. The molecule has 3 rings (SSSR count). The van der Waals surface area contributed by atoms with Crippen molar-refractivity contribution in [1.82, 2.24) is 5.32 Å². The summed E-state index contributed by atoms with van der Waals surface area (Å²) in [4.78, 5) is 0. The Morgan fingerprint density at radius 2 is 1.67 bits per heavy atom. The molecule has 21 heavy (non-hydrogen) atoms. The summed E-state index contributed by atoms with van der Waals surface area (Å²) in [5, 5.41) is 3.80. The lowest BCUT2D eigenvalue weighted by Crippen LogP contribution is -2.56. The molecule has 116 valence electrons. The van der Waals surface area contributed by atoms with Gasteiger partial charge in [-0.3, -0.25) is 0 Å². The summed E-state index contributed by atoms with van der Waals surface area (Å²) in [6, 6.07) is 9.06. The van der Waals surface area contributed by atoms with Crippen molar-refractivity contribution in [3.8, 4) is 0 Å². The van der Waals surface area contributed by atoms with Gasteiger partial charge in [0, 0.05) is 17.5 Å². The van der Waals surface area contributed by atoms with Gasteiger partial charge in [-0.1, -0.05) is 37.1 Å². The number of nitrogens with one attached hydrogen (secondary N) is 1. The number of aryl methyl sites for hydroxylation is 1. The summed E-state index contributed by atoms with van der Waals surface area (Å²) in [7, 11) is 0. The normalized spacial score (nSPS) is 23.2. The van der Waals surface area contributed by atoms with E-state index in [9.17, 15) is 0 Å². The molecule has 0 radical (unpaired) electrons. The molecular weight excluding hydrogens is 254 g/mol. The first-order valence-corrected chi connectivity index (χ1v) is 8.66. The van der Waals surface area contributed by atoms with Crippen molar-refractivity contribution in [3.63, 3.8) is 0 Å². The van der Waals surface area contributed by atoms with Crippen LogP contribution in [0.25, 0.3) is 0 Å². The highest BCUT2D eigenvalue weighted by Gasteiger charge is 2.56. The third-order valence-electron chi connectivity index (χ3n) is 5.76. The van der Waals surface area contributed by atoms with Crippen molar-refractivity contribution >= 4 is 0 Å². The summed E-state index contributed by atoms with van der Waals surface area (Å²) < 4.78 is 0. The van der Waals surface area contributed by atoms with Gasteiger partial charge in [0.1, 0.15) is 0 Å². The molecule has 0 bridgehead atoms. The van der Waals surface area contributed by atoms with E-state index < -0.39 is 0 Å². The van der Waals surface area contributed by atoms with Crippen molar-refractivity contribution in [2.75, 3.05) is 6.54 Å². The molecule has 0 heterocycles. The molecule has 0 amide bonds. The SMILES string of the molecule is Cc1ccccc1C1(CNC(C)(C)C)CC2(CCCC2)C1. The lowest BCUT2D eigenvalue weighted by molar-refractivity contribution is 0.0226. The predicted molar refractivity (Wildman–Crippen MR) is 90.7 cm³/mol. The fourth-order valence-electron chi connectivity index (χ4n) is 4.88. The van der Waals surface area contributed by atoms with E-state index in [1.165, 1.54) is 44.1 Å². The van der Waals surface area contributed by atoms with Gasteiger partial charge in [-0.05, 0) is 69.9 Å². The summed E-state index contributed by atoms with van der Waals surface area (Å²) >= 11 is 0. The first-order chi connectivity index (χ1) is 9.84. The van der Waals surface area contributed by atoms with Gasteiger partial charge >= 0.3 is 0 Å². The highest BCUT2D eigenvalue weighted by atomic mass is 15.0. The standard InChI is InChI=1S/C20H31N/c1-16-9-5-6-10-17(16)20(15-21-18(2,3)4)13-19(14-20)11-7-8-12-19/h5-6,9-10,21H,7-8,11-15H2,1-4H3. The van der Waals surface area contributed by atoms with Crippen molar-refractivity contribution in [1.29, 1.82) is 0 Å². The highest BCUT2D eigenvalue weighted by Crippen LogP contribution is 2.63. The third-order valence-corrected chi connectivity index (χ3v) is 5.76. The van der Waals surface area contributed by atoms with Crippen molar-refractivity contribution in [2.24, 2.45) is 5.41 Å². The highest BCUT2D eigenvalue weighted by molar-refractivity contribution is 5.38. The molecule has 2 fully saturated rings. The van der Waals surface area contributed by atoms with Crippen LogP contribution in [0.4, 0.5) is 0 Å². The Morgan fingerprint density at radius 1 is 1.05 bits per heavy atom. The monoisotopic (exact) mass is 285 g/mol. The average molecular weight is 285 g/mol. The maximum atomic E-state index is 3.80. The first-order valence-electron chi connectivity index (χ1n) is 8.66. The van der Waals surface area contributed by atoms with Gasteiger partial charge in [0.2, 0.25) is 0 Å². The van der Waals surface area contributed by atoms with E-state index in [2.05, 4.69) is 57.3 Å². The smallest absolute Gasteiger partial charge is 0.00968 e. The predicted octanol–water partition coefficient (Wildman–Crippen LogP) is 4.98. The Hall–Kier alpha value is -0.820. The minimum absolute atomic E-state index is 0.202. The van der Waals surface area contributed by atoms with Crippen LogP contribution in [0.1, 0.15) is 70.4 Å². The molecule has 1 aromatic carbocycles. The van der Waals surface area contributed by atoms with E-state index in [1.807, 2.05) is 0 Å². The van der Waals surface area contributed by atoms with Crippen LogP contribution in [0.3, 0.4) is 0 Å². The zero-order chi connectivity index (χ0) is 15.1. The molecular formula is C20H31N. The van der Waals surface area contributed by atoms with Crippen molar-refractivity contribution < 1.29 is 0 Å². The Balaban J connectivity index is 1.84. The lowest BCUT2D eigenvalue weighted by atomic mass is 9.49. The van der Waals surface area contributed by atoms with Gasteiger partial charge in [-0.15, -0.1) is 0 Å². The second kappa shape index (κ2) is 5.12. The molecule has 2 aliphatic rings. The second-order valence-corrected chi connectivity index (χ2v) is 8.76. The average Bonchev–Trinajstić information content (AvgIpc) is 2.83. The van der Waals surface area contributed by atoms with Crippen molar-refractivity contribution in [3.05, 3.63) is 35.4 Å². The Bertz CT molecular complexity index is 495. The molecule has 1 N–H and O–H groups in total. The van der Waals surface area contributed by atoms with Gasteiger partial charge in [-0.25, -0.2) is 0 Å². The zero-order valence-electron chi connectivity index (χ0n) is 14.3. The number of benzene rings is 1. The van der Waals surface area contributed by atoms with Crippen LogP contribution in [0.2, 0.25) is 0 Å². The van der Waals surface area contributed by atoms with Gasteiger partial charge in [0.05, 0.1) is 0 Å². The van der Waals surface area contributed by atoms with Gasteiger partial charge in [-0.2, -0.15) is 0 Å². The largest absolute Gasteiger partial charge is 0.311 e. The quantitative estimate of drug-likeness (QED) is 0.826. The second-order valence-electron chi connectivity index (χ2n) is 8.76. The van der Waals surface area contributed by atoms with Crippen molar-refractivity contribution in [2.45, 2.75) is 77.2 Å². The minimum atomic E-state index is 0.202. The topological polar surface area (TPSA) is 12.0 Å². The van der Waals surface area contributed by atoms with Gasteiger partial charge in [0.15, 0.2) is 0 Å². The molecule has 0 unspecified atom stereocenters. The first kappa shape index (κ1) is 15.1. The van der Waals surface area contributed by atoms with E-state index in [0.717, 1.165) is 6.54 Å². The fourth-order valence-corrected chi connectivity index (χ4v) is 4.88. The lowest BCUT2D eigenvalue weighted by Gasteiger charge is -2.57. The fraction of sp³-hybridized carbons (Fsp3) is 0.700. The molecule has 1 spiro atoms. The Labute approximate surface area is 130 Å². The molecule has 0 atom stereocenters. The summed E-state index contributed by atoms with van der Waals surface area (Å²) in [5.41, 5.74) is 4.33. The molecule has 1 heteroatoms. The summed E-state index contributed by atoms with van der Waals surface area (Å²) in [6.07, 6.45) is 8.64. The molecule has 2 aliphatic carbocycles. The van der Waals surface area contributed by atoms with Gasteiger partial charge in [0.25, 0.3) is 0 Å². The summed E-state index contributed by atoms with van der Waals surface area (Å²) in [5.74, 6) is 0. The van der Waals surface area contributed by atoms with Gasteiger partial charge < -0.3 is 5.32 Å². The molecule has 0 aliphatic heterocycles.